The molecule has 1 aliphatic rings. The van der Waals surface area contributed by atoms with E-state index < -0.39 is 0 Å². The van der Waals surface area contributed by atoms with Gasteiger partial charge in [-0.3, -0.25) is 0 Å². The van der Waals surface area contributed by atoms with Gasteiger partial charge in [0.15, 0.2) is 0 Å². The molecule has 0 radical (unpaired) electrons. The predicted octanol–water partition coefficient (Wildman–Crippen LogP) is 4.06. The average Bonchev–Trinajstić information content (AvgIpc) is 2.21. The van der Waals surface area contributed by atoms with Gasteiger partial charge in [-0.1, -0.05) is 48.6 Å². The third kappa shape index (κ3) is 1.69. The molecule has 0 unspecified atom stereocenters. The summed E-state index contributed by atoms with van der Waals surface area (Å²) in [4.78, 5) is 0. The molecule has 70 valence electrons. The third-order valence-electron chi connectivity index (χ3n) is 2.64. The Hall–Kier alpha value is -1.56. The fourth-order valence-electron chi connectivity index (χ4n) is 1.51. The Kier molecular flexibility index (Phi) is 2.36. The molecule has 0 nitrogen and oxygen atoms in total. The molecule has 1 aromatic rings. The van der Waals surface area contributed by atoms with Gasteiger partial charge in [0.05, 0.1) is 0 Å². The third-order valence-corrected chi connectivity index (χ3v) is 2.64. The van der Waals surface area contributed by atoms with Gasteiger partial charge < -0.3 is 0 Å². The van der Waals surface area contributed by atoms with Crippen LogP contribution in [0.2, 0.25) is 0 Å². The van der Waals surface area contributed by atoms with Crippen LogP contribution in [0.15, 0.2) is 47.6 Å². The second-order valence-electron chi connectivity index (χ2n) is 3.66. The molecule has 2 rings (SSSR count). The van der Waals surface area contributed by atoms with Gasteiger partial charge in [0.1, 0.15) is 0 Å². The predicted molar refractivity (Wildman–Crippen MR) is 62.9 cm³/mol. The topological polar surface area (TPSA) is 0 Å². The van der Waals surface area contributed by atoms with Crippen LogP contribution in [0, 0.1) is 0 Å². The van der Waals surface area contributed by atoms with Crippen molar-refractivity contribution in [1.29, 1.82) is 0 Å². The quantitative estimate of drug-likeness (QED) is 0.567. The summed E-state index contributed by atoms with van der Waals surface area (Å²) in [7, 11) is 0. The lowest BCUT2D eigenvalue weighted by molar-refractivity contribution is 1.38. The van der Waals surface area contributed by atoms with Gasteiger partial charge in [-0.15, -0.1) is 0 Å². The summed E-state index contributed by atoms with van der Waals surface area (Å²) in [6, 6.07) is 8.43. The molecular weight excluding hydrogens is 168 g/mol. The van der Waals surface area contributed by atoms with Crippen molar-refractivity contribution in [3.05, 3.63) is 58.7 Å². The fourth-order valence-corrected chi connectivity index (χ4v) is 1.51. The van der Waals surface area contributed by atoms with Crippen LogP contribution in [0.1, 0.15) is 25.0 Å². The van der Waals surface area contributed by atoms with Crippen LogP contribution in [0.3, 0.4) is 0 Å². The molecule has 0 amide bonds. The number of hydrogen-bond acceptors (Lipinski definition) is 0. The normalized spacial score (nSPS) is 24.7. The summed E-state index contributed by atoms with van der Waals surface area (Å²) >= 11 is 0. The Morgan fingerprint density at radius 1 is 0.643 bits per heavy atom. The summed E-state index contributed by atoms with van der Waals surface area (Å²) in [5, 5.41) is 0. The van der Waals surface area contributed by atoms with Gasteiger partial charge in [-0.25, -0.2) is 0 Å². The van der Waals surface area contributed by atoms with E-state index in [-0.39, 0.29) is 0 Å². The number of allylic oxidation sites excluding steroid dienone is 4. The van der Waals surface area contributed by atoms with Crippen LogP contribution in [0.5, 0.6) is 0 Å². The van der Waals surface area contributed by atoms with E-state index in [1.54, 1.807) is 0 Å². The molecule has 0 heteroatoms. The lowest BCUT2D eigenvalue weighted by Gasteiger charge is -2.05. The molecule has 0 aromatic heterocycles. The summed E-state index contributed by atoms with van der Waals surface area (Å²) in [6.45, 7) is 4.29. The summed E-state index contributed by atoms with van der Waals surface area (Å²) < 4.78 is 0. The highest BCUT2D eigenvalue weighted by Crippen LogP contribution is 2.19. The Balaban J connectivity index is 2.54. The molecule has 0 bridgehead atoms. The van der Waals surface area contributed by atoms with Crippen LogP contribution in [0.25, 0.3) is 12.2 Å². The van der Waals surface area contributed by atoms with Crippen LogP contribution in [-0.4, -0.2) is 0 Å². The zero-order chi connectivity index (χ0) is 9.97. The number of hydrogen-bond donors (Lipinski definition) is 0. The van der Waals surface area contributed by atoms with Crippen LogP contribution in [0.4, 0.5) is 0 Å². The van der Waals surface area contributed by atoms with E-state index in [2.05, 4.69) is 62.4 Å². The Morgan fingerprint density at radius 2 is 1.07 bits per heavy atom. The van der Waals surface area contributed by atoms with E-state index in [9.17, 15) is 0 Å². The van der Waals surface area contributed by atoms with Crippen molar-refractivity contribution >= 4 is 12.2 Å². The lowest BCUT2D eigenvalue weighted by Crippen LogP contribution is -1.84. The van der Waals surface area contributed by atoms with E-state index >= 15 is 0 Å². The van der Waals surface area contributed by atoms with Crippen LogP contribution < -0.4 is 0 Å². The molecular formula is C14H14. The monoisotopic (exact) mass is 182 g/mol. The van der Waals surface area contributed by atoms with Crippen molar-refractivity contribution in [1.82, 2.24) is 0 Å². The molecule has 1 aliphatic carbocycles. The van der Waals surface area contributed by atoms with Crippen molar-refractivity contribution in [2.24, 2.45) is 0 Å². The molecule has 0 spiro atoms. The van der Waals surface area contributed by atoms with Crippen molar-refractivity contribution in [3.63, 3.8) is 0 Å². The first kappa shape index (κ1) is 9.01. The standard InChI is InChI=1S/C14H14/c1-11-7-9-13-5-3-4-6-14(13)10-8-12(11)2/h3-10H,1-2H3/b9-7-,10-8-,11-7?,12-8?,12-11-,13-9?,14-10?. The van der Waals surface area contributed by atoms with Crippen LogP contribution in [-0.2, 0) is 0 Å². The lowest BCUT2D eigenvalue weighted by atomic mass is 10.0. The van der Waals surface area contributed by atoms with Gasteiger partial charge in [0, 0.05) is 0 Å². The Bertz CT molecular complexity index is 390. The highest BCUT2D eigenvalue weighted by atomic mass is 14.0. The maximum atomic E-state index is 2.18. The van der Waals surface area contributed by atoms with Gasteiger partial charge in [0.25, 0.3) is 0 Å². The highest BCUT2D eigenvalue weighted by molar-refractivity contribution is 5.69. The first-order valence-corrected chi connectivity index (χ1v) is 4.90. The van der Waals surface area contributed by atoms with E-state index in [0.717, 1.165) is 0 Å². The van der Waals surface area contributed by atoms with E-state index in [1.165, 1.54) is 22.3 Å². The maximum Gasteiger partial charge on any atom is -0.0184 e. The smallest absolute Gasteiger partial charge is 0.0184 e. The molecule has 1 aromatic carbocycles. The number of rotatable bonds is 0. The van der Waals surface area contributed by atoms with Gasteiger partial charge in [-0.05, 0) is 36.1 Å². The van der Waals surface area contributed by atoms with E-state index in [0.29, 0.717) is 0 Å². The van der Waals surface area contributed by atoms with Gasteiger partial charge >= 0.3 is 0 Å². The Labute approximate surface area is 85.3 Å². The molecule has 0 atom stereocenters. The maximum absolute atomic E-state index is 2.18. The van der Waals surface area contributed by atoms with E-state index in [1.807, 2.05) is 0 Å². The largest absolute Gasteiger partial charge is 0.0616 e. The first-order valence-electron chi connectivity index (χ1n) is 4.90. The number of benzene rings is 1. The first-order chi connectivity index (χ1) is 6.77. The second kappa shape index (κ2) is 3.67. The van der Waals surface area contributed by atoms with E-state index in [4.69, 9.17) is 0 Å². The zero-order valence-corrected chi connectivity index (χ0v) is 8.62. The summed E-state index contributed by atoms with van der Waals surface area (Å²) in [6.07, 6.45) is 8.71. The molecule has 14 heavy (non-hydrogen) atoms. The molecule has 0 heterocycles. The SMILES string of the molecule is CC1=C(C)/C=C\c2ccccc2/C=C\1. The minimum Gasteiger partial charge on any atom is -0.0616 e. The molecule has 0 N–H and O–H groups in total. The number of fused-ring (bicyclic) bond motifs is 1. The molecule has 0 fully saturated rings. The van der Waals surface area contributed by atoms with Crippen LogP contribution >= 0.6 is 0 Å². The van der Waals surface area contributed by atoms with Gasteiger partial charge in [0.2, 0.25) is 0 Å². The van der Waals surface area contributed by atoms with Crippen molar-refractivity contribution < 1.29 is 0 Å². The zero-order valence-electron chi connectivity index (χ0n) is 8.62. The van der Waals surface area contributed by atoms with Crippen molar-refractivity contribution in [2.75, 3.05) is 0 Å². The minimum absolute atomic E-state index is 1.29. The molecule has 0 saturated carbocycles. The van der Waals surface area contributed by atoms with Gasteiger partial charge in [-0.2, -0.15) is 0 Å². The van der Waals surface area contributed by atoms with Crippen molar-refractivity contribution in [3.8, 4) is 0 Å². The highest BCUT2D eigenvalue weighted by Gasteiger charge is 1.98. The minimum atomic E-state index is 1.29. The summed E-state index contributed by atoms with van der Waals surface area (Å²) in [5.74, 6) is 0. The summed E-state index contributed by atoms with van der Waals surface area (Å²) in [5.41, 5.74) is 5.23. The second-order valence-corrected chi connectivity index (χ2v) is 3.66. The Morgan fingerprint density at radius 3 is 1.50 bits per heavy atom. The molecule has 0 saturated heterocycles. The fraction of sp³-hybridized carbons (Fsp3) is 0.143. The molecule has 0 aliphatic heterocycles. The average molecular weight is 182 g/mol. The van der Waals surface area contributed by atoms with Crippen molar-refractivity contribution in [2.45, 2.75) is 13.8 Å².